The molecule has 0 aromatic heterocycles. The van der Waals surface area contributed by atoms with Gasteiger partial charge < -0.3 is 19.5 Å². The van der Waals surface area contributed by atoms with Crippen LogP contribution in [0.15, 0.2) is 47.9 Å². The molecule has 0 bridgehead atoms. The third-order valence-electron chi connectivity index (χ3n) is 4.52. The number of methoxy groups -OCH3 is 1. The highest BCUT2D eigenvalue weighted by Gasteiger charge is 2.23. The first-order chi connectivity index (χ1) is 12.5. The van der Waals surface area contributed by atoms with E-state index in [0.717, 1.165) is 23.4 Å². The highest BCUT2D eigenvalue weighted by atomic mass is 32.2. The Hall–Kier alpha value is -2.05. The van der Waals surface area contributed by atoms with Crippen molar-refractivity contribution >= 4 is 16.9 Å². The van der Waals surface area contributed by atoms with Crippen molar-refractivity contribution in [3.8, 4) is 11.5 Å². The van der Waals surface area contributed by atoms with E-state index in [2.05, 4.69) is 0 Å². The predicted octanol–water partition coefficient (Wildman–Crippen LogP) is 3.05. The molecule has 2 aliphatic heterocycles. The standard InChI is InChI=1S/C20H25NO4S/c1-14-10-17(22)11-15(2)21(14)8-6-16-4-5-19(24-3)20(12-16)25-18-7-9-26(23)13-18/h4-6,8,10-12,17-18,22H,7,9,13H2,1-3H3/b8-6+/t18-,26?/m1/s1. The molecule has 1 unspecified atom stereocenters. The summed E-state index contributed by atoms with van der Waals surface area (Å²) in [5, 5.41) is 9.75. The average molecular weight is 375 g/mol. The van der Waals surface area contributed by atoms with Gasteiger partial charge in [0.15, 0.2) is 11.5 Å². The number of hydrogen-bond donors (Lipinski definition) is 1. The van der Waals surface area contributed by atoms with Crippen LogP contribution in [0.2, 0.25) is 0 Å². The molecule has 1 fully saturated rings. The SMILES string of the molecule is COc1ccc(/C=C/N2C(C)=CC(O)C=C2C)cc1O[C@@H]1CCS(=O)C1. The fourth-order valence-electron chi connectivity index (χ4n) is 3.18. The molecule has 0 amide bonds. The van der Waals surface area contributed by atoms with Crippen molar-refractivity contribution in [3.05, 3.63) is 53.5 Å². The molecule has 26 heavy (non-hydrogen) atoms. The van der Waals surface area contributed by atoms with Crippen LogP contribution < -0.4 is 9.47 Å². The van der Waals surface area contributed by atoms with Gasteiger partial charge in [0.1, 0.15) is 6.10 Å². The maximum absolute atomic E-state index is 11.6. The average Bonchev–Trinajstić information content (AvgIpc) is 2.99. The Bertz CT molecular complexity index is 764. The molecule has 2 atom stereocenters. The van der Waals surface area contributed by atoms with Crippen LogP contribution in [0.1, 0.15) is 25.8 Å². The monoisotopic (exact) mass is 375 g/mol. The van der Waals surface area contributed by atoms with E-state index >= 15 is 0 Å². The molecule has 1 saturated heterocycles. The minimum Gasteiger partial charge on any atom is -0.493 e. The first kappa shape index (κ1) is 18.7. The Morgan fingerprint density at radius 1 is 1.23 bits per heavy atom. The zero-order chi connectivity index (χ0) is 18.7. The molecule has 3 rings (SSSR count). The second-order valence-electron chi connectivity index (χ2n) is 6.54. The zero-order valence-corrected chi connectivity index (χ0v) is 16.2. The van der Waals surface area contributed by atoms with Crippen molar-refractivity contribution in [1.82, 2.24) is 4.90 Å². The number of benzene rings is 1. The van der Waals surface area contributed by atoms with Crippen LogP contribution in [0.25, 0.3) is 6.08 Å². The van der Waals surface area contributed by atoms with Crippen LogP contribution in [0.3, 0.4) is 0 Å². The minimum absolute atomic E-state index is 0.0251. The van der Waals surface area contributed by atoms with Gasteiger partial charge in [0, 0.05) is 34.1 Å². The van der Waals surface area contributed by atoms with Gasteiger partial charge in [0.2, 0.25) is 0 Å². The number of rotatable bonds is 5. The number of ether oxygens (including phenoxy) is 2. The number of aliphatic hydroxyl groups is 1. The maximum Gasteiger partial charge on any atom is 0.162 e. The van der Waals surface area contributed by atoms with Gasteiger partial charge in [-0.2, -0.15) is 0 Å². The van der Waals surface area contributed by atoms with Crippen LogP contribution in [0, 0.1) is 0 Å². The van der Waals surface area contributed by atoms with Crippen LogP contribution in [0.5, 0.6) is 11.5 Å². The van der Waals surface area contributed by atoms with Crippen LogP contribution >= 0.6 is 0 Å². The Balaban J connectivity index is 1.78. The number of hydrogen-bond acceptors (Lipinski definition) is 5. The zero-order valence-electron chi connectivity index (χ0n) is 15.3. The van der Waals surface area contributed by atoms with Crippen molar-refractivity contribution in [2.45, 2.75) is 32.5 Å². The quantitative estimate of drug-likeness (QED) is 0.857. The van der Waals surface area contributed by atoms with E-state index in [0.29, 0.717) is 23.0 Å². The molecule has 6 heteroatoms. The molecule has 0 spiro atoms. The first-order valence-electron chi connectivity index (χ1n) is 8.68. The van der Waals surface area contributed by atoms with Crippen molar-refractivity contribution in [2.24, 2.45) is 0 Å². The predicted molar refractivity (Wildman–Crippen MR) is 104 cm³/mol. The summed E-state index contributed by atoms with van der Waals surface area (Å²) in [4.78, 5) is 2.03. The van der Waals surface area contributed by atoms with E-state index in [9.17, 15) is 9.32 Å². The molecule has 0 aliphatic carbocycles. The molecule has 0 saturated carbocycles. The number of allylic oxidation sites excluding steroid dienone is 2. The fourth-order valence-corrected chi connectivity index (χ4v) is 4.52. The Kier molecular flexibility index (Phi) is 5.84. The molecule has 1 N–H and O–H groups in total. The molecule has 1 aromatic carbocycles. The Morgan fingerprint density at radius 3 is 2.58 bits per heavy atom. The first-order valence-corrected chi connectivity index (χ1v) is 10.2. The summed E-state index contributed by atoms with van der Waals surface area (Å²) in [5.74, 6) is 2.62. The minimum atomic E-state index is -0.778. The van der Waals surface area contributed by atoms with Gasteiger partial charge in [-0.05, 0) is 56.2 Å². The lowest BCUT2D eigenvalue weighted by atomic mass is 10.1. The molecule has 2 heterocycles. The lowest BCUT2D eigenvalue weighted by molar-refractivity contribution is 0.218. The van der Waals surface area contributed by atoms with E-state index in [1.807, 2.05) is 49.2 Å². The smallest absolute Gasteiger partial charge is 0.162 e. The van der Waals surface area contributed by atoms with Gasteiger partial charge in [-0.25, -0.2) is 0 Å². The maximum atomic E-state index is 11.6. The summed E-state index contributed by atoms with van der Waals surface area (Å²) < 4.78 is 23.0. The molecule has 2 aliphatic rings. The Morgan fingerprint density at radius 2 is 1.96 bits per heavy atom. The topological polar surface area (TPSA) is 59.0 Å². The van der Waals surface area contributed by atoms with Crippen LogP contribution in [-0.4, -0.2) is 45.0 Å². The highest BCUT2D eigenvalue weighted by Crippen LogP contribution is 2.31. The lowest BCUT2D eigenvalue weighted by Gasteiger charge is -2.27. The molecule has 5 nitrogen and oxygen atoms in total. The normalized spacial score (nSPS) is 23.9. The molecular formula is C20H25NO4S. The van der Waals surface area contributed by atoms with E-state index in [1.54, 1.807) is 19.3 Å². The van der Waals surface area contributed by atoms with Gasteiger partial charge in [0.05, 0.1) is 19.0 Å². The summed E-state index contributed by atoms with van der Waals surface area (Å²) in [6.45, 7) is 3.93. The summed E-state index contributed by atoms with van der Waals surface area (Å²) in [5.41, 5.74) is 2.94. The van der Waals surface area contributed by atoms with Gasteiger partial charge in [-0.1, -0.05) is 6.07 Å². The van der Waals surface area contributed by atoms with Crippen LogP contribution in [-0.2, 0) is 10.8 Å². The number of aliphatic hydroxyl groups excluding tert-OH is 1. The highest BCUT2D eigenvalue weighted by molar-refractivity contribution is 7.85. The van der Waals surface area contributed by atoms with E-state index in [4.69, 9.17) is 9.47 Å². The van der Waals surface area contributed by atoms with Gasteiger partial charge in [-0.3, -0.25) is 4.21 Å². The second kappa shape index (κ2) is 8.10. The number of nitrogens with zero attached hydrogens (tertiary/aromatic N) is 1. The van der Waals surface area contributed by atoms with Gasteiger partial charge >= 0.3 is 0 Å². The molecule has 0 radical (unpaired) electrons. The van der Waals surface area contributed by atoms with Crippen LogP contribution in [0.4, 0.5) is 0 Å². The molecular weight excluding hydrogens is 350 g/mol. The molecule has 1 aromatic rings. The summed E-state index contributed by atoms with van der Waals surface area (Å²) in [7, 11) is 0.839. The van der Waals surface area contributed by atoms with E-state index in [-0.39, 0.29) is 6.10 Å². The van der Waals surface area contributed by atoms with Crippen molar-refractivity contribution in [2.75, 3.05) is 18.6 Å². The third kappa shape index (κ3) is 4.37. The molecule has 140 valence electrons. The third-order valence-corrected chi connectivity index (χ3v) is 5.96. The lowest BCUT2D eigenvalue weighted by Crippen LogP contribution is -2.20. The van der Waals surface area contributed by atoms with Crippen molar-refractivity contribution < 1.29 is 18.8 Å². The largest absolute Gasteiger partial charge is 0.493 e. The van der Waals surface area contributed by atoms with Gasteiger partial charge in [-0.15, -0.1) is 0 Å². The van der Waals surface area contributed by atoms with Crippen molar-refractivity contribution in [1.29, 1.82) is 0 Å². The van der Waals surface area contributed by atoms with Crippen molar-refractivity contribution in [3.63, 3.8) is 0 Å². The Labute approximate surface area is 157 Å². The summed E-state index contributed by atoms with van der Waals surface area (Å²) >= 11 is 0. The van der Waals surface area contributed by atoms with E-state index < -0.39 is 16.9 Å². The van der Waals surface area contributed by atoms with E-state index in [1.165, 1.54) is 0 Å². The summed E-state index contributed by atoms with van der Waals surface area (Å²) in [6.07, 6.45) is 7.83. The summed E-state index contributed by atoms with van der Waals surface area (Å²) in [6, 6.07) is 5.78. The second-order valence-corrected chi connectivity index (χ2v) is 8.16. The van der Waals surface area contributed by atoms with Gasteiger partial charge in [0.25, 0.3) is 0 Å². The fraction of sp³-hybridized carbons (Fsp3) is 0.400.